The fourth-order valence-electron chi connectivity index (χ4n) is 2.56. The first-order chi connectivity index (χ1) is 8.45. The van der Waals surface area contributed by atoms with Gasteiger partial charge < -0.3 is 0 Å². The van der Waals surface area contributed by atoms with Gasteiger partial charge >= 0.3 is 6.18 Å². The summed E-state index contributed by atoms with van der Waals surface area (Å²) in [5.41, 5.74) is -0.587. The van der Waals surface area contributed by atoms with Crippen molar-refractivity contribution in [3.05, 3.63) is 30.0 Å². The van der Waals surface area contributed by atoms with Crippen molar-refractivity contribution < 1.29 is 13.2 Å². The number of rotatable bonds is 1. The Morgan fingerprint density at radius 1 is 1.28 bits per heavy atom. The quantitative estimate of drug-likeness (QED) is 0.751. The van der Waals surface area contributed by atoms with Crippen molar-refractivity contribution in [1.82, 2.24) is 9.78 Å². The van der Waals surface area contributed by atoms with E-state index < -0.39 is 11.7 Å². The van der Waals surface area contributed by atoms with Crippen LogP contribution in [-0.4, -0.2) is 9.78 Å². The molecular formula is C13H13F3N2. The Morgan fingerprint density at radius 3 is 2.61 bits per heavy atom. The van der Waals surface area contributed by atoms with Gasteiger partial charge in [-0.1, -0.05) is 19.1 Å². The lowest BCUT2D eigenvalue weighted by atomic mass is 9.82. The molecule has 0 atom stereocenters. The Bertz CT molecular complexity index is 579. The molecule has 1 aliphatic carbocycles. The van der Waals surface area contributed by atoms with Crippen molar-refractivity contribution in [2.24, 2.45) is 5.92 Å². The smallest absolute Gasteiger partial charge is 0.268 e. The van der Waals surface area contributed by atoms with Gasteiger partial charge in [-0.3, -0.25) is 4.68 Å². The van der Waals surface area contributed by atoms with Crippen LogP contribution in [0.3, 0.4) is 0 Å². The molecule has 5 heteroatoms. The van der Waals surface area contributed by atoms with E-state index in [0.717, 1.165) is 18.9 Å². The first kappa shape index (κ1) is 11.6. The van der Waals surface area contributed by atoms with Gasteiger partial charge in [-0.05, 0) is 24.8 Å². The molecule has 1 saturated carbocycles. The van der Waals surface area contributed by atoms with Crippen LogP contribution < -0.4 is 0 Å². The number of aromatic nitrogens is 2. The molecule has 0 radical (unpaired) electrons. The number of fused-ring (bicyclic) bond motifs is 1. The van der Waals surface area contributed by atoms with Crippen LogP contribution in [0.5, 0.6) is 0 Å². The zero-order valence-corrected chi connectivity index (χ0v) is 9.91. The molecule has 1 heterocycles. The molecule has 0 bridgehead atoms. The molecule has 0 saturated heterocycles. The van der Waals surface area contributed by atoms with Crippen LogP contribution >= 0.6 is 0 Å². The van der Waals surface area contributed by atoms with E-state index in [1.54, 1.807) is 16.9 Å². The molecule has 18 heavy (non-hydrogen) atoms. The molecule has 1 aromatic heterocycles. The molecule has 96 valence electrons. The van der Waals surface area contributed by atoms with Gasteiger partial charge in [0.25, 0.3) is 0 Å². The van der Waals surface area contributed by atoms with E-state index in [9.17, 15) is 13.2 Å². The van der Waals surface area contributed by atoms with Gasteiger partial charge in [0.15, 0.2) is 0 Å². The normalized spacial score (nSPS) is 24.2. The summed E-state index contributed by atoms with van der Waals surface area (Å²) in [7, 11) is 0. The van der Waals surface area contributed by atoms with Gasteiger partial charge in [-0.15, -0.1) is 0 Å². The van der Waals surface area contributed by atoms with Crippen LogP contribution in [0.2, 0.25) is 0 Å². The molecule has 1 aliphatic rings. The fourth-order valence-corrected chi connectivity index (χ4v) is 2.56. The van der Waals surface area contributed by atoms with Crippen molar-refractivity contribution in [3.8, 4) is 0 Å². The molecular weight excluding hydrogens is 241 g/mol. The van der Waals surface area contributed by atoms with E-state index in [1.807, 2.05) is 0 Å². The summed E-state index contributed by atoms with van der Waals surface area (Å²) in [6.07, 6.45) is -0.628. The lowest BCUT2D eigenvalue weighted by Crippen LogP contribution is -2.24. The van der Waals surface area contributed by atoms with Gasteiger partial charge in [0.05, 0.1) is 11.6 Å². The van der Waals surface area contributed by atoms with E-state index in [4.69, 9.17) is 0 Å². The zero-order chi connectivity index (χ0) is 12.9. The number of hydrogen-bond donors (Lipinski definition) is 0. The van der Waals surface area contributed by atoms with Gasteiger partial charge in [-0.2, -0.15) is 18.3 Å². The minimum Gasteiger partial charge on any atom is -0.268 e. The van der Waals surface area contributed by atoms with Crippen molar-refractivity contribution in [2.45, 2.75) is 32.0 Å². The summed E-state index contributed by atoms with van der Waals surface area (Å²) < 4.78 is 40.2. The third-order valence-electron chi connectivity index (χ3n) is 3.58. The lowest BCUT2D eigenvalue weighted by Gasteiger charge is -2.32. The molecule has 1 aromatic carbocycles. The Labute approximate surface area is 102 Å². The second kappa shape index (κ2) is 3.73. The maximum Gasteiger partial charge on any atom is 0.418 e. The minimum atomic E-state index is -4.34. The molecule has 0 N–H and O–H groups in total. The third-order valence-corrected chi connectivity index (χ3v) is 3.58. The van der Waals surface area contributed by atoms with Crippen LogP contribution in [0.15, 0.2) is 24.4 Å². The van der Waals surface area contributed by atoms with Crippen molar-refractivity contribution in [2.75, 3.05) is 0 Å². The molecule has 0 unspecified atom stereocenters. The summed E-state index contributed by atoms with van der Waals surface area (Å²) in [4.78, 5) is 0. The largest absolute Gasteiger partial charge is 0.418 e. The topological polar surface area (TPSA) is 17.8 Å². The molecule has 0 amide bonds. The highest BCUT2D eigenvalue weighted by Crippen LogP contribution is 2.39. The summed E-state index contributed by atoms with van der Waals surface area (Å²) in [6.45, 7) is 2.14. The predicted molar refractivity (Wildman–Crippen MR) is 62.2 cm³/mol. The van der Waals surface area contributed by atoms with Crippen molar-refractivity contribution >= 4 is 10.9 Å². The van der Waals surface area contributed by atoms with Gasteiger partial charge in [0.2, 0.25) is 0 Å². The minimum absolute atomic E-state index is 0.0598. The highest BCUT2D eigenvalue weighted by Gasteiger charge is 2.34. The lowest BCUT2D eigenvalue weighted by molar-refractivity contribution is -0.136. The second-order valence-electron chi connectivity index (χ2n) is 5.08. The molecule has 2 aromatic rings. The van der Waals surface area contributed by atoms with E-state index in [-0.39, 0.29) is 11.6 Å². The Balaban J connectivity index is 2.06. The number of halogens is 3. The van der Waals surface area contributed by atoms with Gasteiger partial charge in [0.1, 0.15) is 5.52 Å². The van der Waals surface area contributed by atoms with E-state index in [0.29, 0.717) is 11.3 Å². The van der Waals surface area contributed by atoms with Crippen LogP contribution in [0.4, 0.5) is 13.2 Å². The Hall–Kier alpha value is -1.52. The summed E-state index contributed by atoms with van der Waals surface area (Å²) in [5.74, 6) is 0.643. The zero-order valence-electron chi connectivity index (χ0n) is 9.91. The molecule has 3 rings (SSSR count). The SMILES string of the molecule is CC1CC(n2cc3cccc(C(F)(F)F)c3n2)C1. The summed E-state index contributed by atoms with van der Waals surface area (Å²) >= 11 is 0. The van der Waals surface area contributed by atoms with Gasteiger partial charge in [0, 0.05) is 11.6 Å². The van der Waals surface area contributed by atoms with Crippen LogP contribution in [-0.2, 0) is 6.18 Å². The van der Waals surface area contributed by atoms with Crippen molar-refractivity contribution in [3.63, 3.8) is 0 Å². The maximum absolute atomic E-state index is 12.8. The number of alkyl halides is 3. The van der Waals surface area contributed by atoms with Crippen LogP contribution in [0.25, 0.3) is 10.9 Å². The monoisotopic (exact) mass is 254 g/mol. The average Bonchev–Trinajstić information content (AvgIpc) is 2.65. The fraction of sp³-hybridized carbons (Fsp3) is 0.462. The third kappa shape index (κ3) is 1.78. The highest BCUT2D eigenvalue weighted by molar-refractivity contribution is 5.81. The van der Waals surface area contributed by atoms with E-state index in [2.05, 4.69) is 12.0 Å². The van der Waals surface area contributed by atoms with Gasteiger partial charge in [-0.25, -0.2) is 0 Å². The Morgan fingerprint density at radius 2 is 2.00 bits per heavy atom. The maximum atomic E-state index is 12.8. The summed E-state index contributed by atoms with van der Waals surface area (Å²) in [5, 5.41) is 4.69. The highest BCUT2D eigenvalue weighted by atomic mass is 19.4. The van der Waals surface area contributed by atoms with Crippen LogP contribution in [0, 0.1) is 5.92 Å². The number of nitrogens with zero attached hydrogens (tertiary/aromatic N) is 2. The molecule has 1 fully saturated rings. The standard InChI is InChI=1S/C13H13F3N2/c1-8-5-10(6-8)18-7-9-3-2-4-11(12(9)17-18)13(14,15)16/h2-4,7-8,10H,5-6H2,1H3. The summed E-state index contributed by atoms with van der Waals surface area (Å²) in [6, 6.07) is 4.45. The second-order valence-corrected chi connectivity index (χ2v) is 5.08. The predicted octanol–water partition coefficient (Wildman–Crippen LogP) is 4.03. The first-order valence-electron chi connectivity index (χ1n) is 6.00. The van der Waals surface area contributed by atoms with Crippen LogP contribution in [0.1, 0.15) is 31.4 Å². The Kier molecular flexibility index (Phi) is 2.40. The van der Waals surface area contributed by atoms with E-state index in [1.165, 1.54) is 6.07 Å². The van der Waals surface area contributed by atoms with Crippen molar-refractivity contribution in [1.29, 1.82) is 0 Å². The number of benzene rings is 1. The van der Waals surface area contributed by atoms with E-state index >= 15 is 0 Å². The first-order valence-corrected chi connectivity index (χ1v) is 6.00. The number of hydrogen-bond acceptors (Lipinski definition) is 1. The molecule has 0 aliphatic heterocycles. The molecule has 2 nitrogen and oxygen atoms in total. The molecule has 0 spiro atoms. The average molecular weight is 254 g/mol.